The van der Waals surface area contributed by atoms with E-state index in [9.17, 15) is 14.4 Å². The van der Waals surface area contributed by atoms with Crippen LogP contribution in [0.5, 0.6) is 5.75 Å². The van der Waals surface area contributed by atoms with Crippen LogP contribution in [0.25, 0.3) is 0 Å². The van der Waals surface area contributed by atoms with Crippen LogP contribution in [0.15, 0.2) is 24.3 Å². The van der Waals surface area contributed by atoms with Gasteiger partial charge in [-0.3, -0.25) is 14.5 Å². The van der Waals surface area contributed by atoms with E-state index in [4.69, 9.17) is 15.9 Å². The lowest BCUT2D eigenvalue weighted by Crippen LogP contribution is -2.45. The van der Waals surface area contributed by atoms with E-state index in [1.165, 1.54) is 24.3 Å². The summed E-state index contributed by atoms with van der Waals surface area (Å²) < 4.78 is 0. The molecule has 1 aromatic carbocycles. The highest BCUT2D eigenvalue weighted by Gasteiger charge is 2.18. The first-order valence-electron chi connectivity index (χ1n) is 5.24. The van der Waals surface area contributed by atoms with Crippen molar-refractivity contribution < 1.29 is 24.6 Å². The third-order valence-electron chi connectivity index (χ3n) is 2.11. The van der Waals surface area contributed by atoms with E-state index in [1.807, 2.05) is 0 Å². The van der Waals surface area contributed by atoms with Crippen LogP contribution < -0.4 is 16.0 Å². The van der Waals surface area contributed by atoms with Crippen molar-refractivity contribution in [3.05, 3.63) is 24.3 Å². The largest absolute Gasteiger partial charge is 0.508 e. The van der Waals surface area contributed by atoms with Gasteiger partial charge in [0.2, 0.25) is 5.91 Å². The molecule has 0 aromatic heterocycles. The summed E-state index contributed by atoms with van der Waals surface area (Å²) in [5.74, 6) is -1.98. The SMILES string of the molecule is NC(=O)CNC(=O)N(CC(=O)O)c1ccc(O)cc1. The van der Waals surface area contributed by atoms with E-state index in [1.54, 1.807) is 0 Å². The third kappa shape index (κ3) is 4.54. The molecule has 0 fully saturated rings. The number of aromatic hydroxyl groups is 1. The third-order valence-corrected chi connectivity index (χ3v) is 2.11. The molecule has 8 heteroatoms. The van der Waals surface area contributed by atoms with Crippen molar-refractivity contribution in [2.24, 2.45) is 5.73 Å². The van der Waals surface area contributed by atoms with Crippen LogP contribution in [0.4, 0.5) is 10.5 Å². The summed E-state index contributed by atoms with van der Waals surface area (Å²) in [6.45, 7) is -0.984. The number of hydrogen-bond acceptors (Lipinski definition) is 4. The van der Waals surface area contributed by atoms with E-state index in [2.05, 4.69) is 5.32 Å². The van der Waals surface area contributed by atoms with Gasteiger partial charge in [0.25, 0.3) is 0 Å². The van der Waals surface area contributed by atoms with Crippen molar-refractivity contribution in [2.45, 2.75) is 0 Å². The number of carbonyl (C=O) groups excluding carboxylic acids is 2. The first-order chi connectivity index (χ1) is 8.90. The molecule has 5 N–H and O–H groups in total. The normalized spacial score (nSPS) is 9.68. The van der Waals surface area contributed by atoms with Crippen molar-refractivity contribution in [3.63, 3.8) is 0 Å². The van der Waals surface area contributed by atoms with Gasteiger partial charge in [0, 0.05) is 5.69 Å². The van der Waals surface area contributed by atoms with Crippen molar-refractivity contribution in [2.75, 3.05) is 18.0 Å². The molecule has 19 heavy (non-hydrogen) atoms. The zero-order valence-electron chi connectivity index (χ0n) is 9.87. The van der Waals surface area contributed by atoms with Gasteiger partial charge in [0.05, 0.1) is 6.54 Å². The molecule has 0 aliphatic carbocycles. The smallest absolute Gasteiger partial charge is 0.323 e. The minimum atomic E-state index is -1.22. The minimum absolute atomic E-state index is 0.0171. The fourth-order valence-electron chi connectivity index (χ4n) is 1.31. The van der Waals surface area contributed by atoms with Gasteiger partial charge in [0.1, 0.15) is 12.3 Å². The van der Waals surface area contributed by atoms with Crippen LogP contribution in [0.3, 0.4) is 0 Å². The highest BCUT2D eigenvalue weighted by molar-refractivity contribution is 5.97. The summed E-state index contributed by atoms with van der Waals surface area (Å²) in [7, 11) is 0. The van der Waals surface area contributed by atoms with Crippen LogP contribution >= 0.6 is 0 Å². The van der Waals surface area contributed by atoms with Gasteiger partial charge in [-0.15, -0.1) is 0 Å². The van der Waals surface area contributed by atoms with Crippen molar-refractivity contribution >= 4 is 23.6 Å². The second kappa shape index (κ2) is 6.24. The Bertz CT molecular complexity index is 486. The number of aliphatic carboxylic acids is 1. The minimum Gasteiger partial charge on any atom is -0.508 e. The van der Waals surface area contributed by atoms with E-state index in [0.717, 1.165) is 4.90 Å². The van der Waals surface area contributed by atoms with Crippen molar-refractivity contribution in [3.8, 4) is 5.75 Å². The molecule has 3 amide bonds. The number of anilines is 1. The van der Waals surface area contributed by atoms with Gasteiger partial charge in [-0.1, -0.05) is 0 Å². The Labute approximate surface area is 108 Å². The quantitative estimate of drug-likeness (QED) is 0.569. The summed E-state index contributed by atoms with van der Waals surface area (Å²) in [5.41, 5.74) is 5.15. The topological polar surface area (TPSA) is 133 Å². The molecule has 0 saturated carbocycles. The number of carbonyl (C=O) groups is 3. The summed E-state index contributed by atoms with van der Waals surface area (Å²) in [6, 6.07) is 4.60. The molecule has 102 valence electrons. The lowest BCUT2D eigenvalue weighted by Gasteiger charge is -2.21. The molecular formula is C11H13N3O5. The monoisotopic (exact) mass is 267 g/mol. The van der Waals surface area contributed by atoms with Crippen LogP contribution in [0.1, 0.15) is 0 Å². The Morgan fingerprint density at radius 1 is 1.21 bits per heavy atom. The van der Waals surface area contributed by atoms with Gasteiger partial charge in [-0.05, 0) is 24.3 Å². The van der Waals surface area contributed by atoms with Gasteiger partial charge in [-0.25, -0.2) is 4.79 Å². The number of phenols is 1. The number of carboxylic acids is 1. The summed E-state index contributed by atoms with van der Waals surface area (Å²) >= 11 is 0. The van der Waals surface area contributed by atoms with Gasteiger partial charge >= 0.3 is 12.0 Å². The summed E-state index contributed by atoms with van der Waals surface area (Å²) in [6.07, 6.45) is 0. The maximum atomic E-state index is 11.7. The number of nitrogens with two attached hydrogens (primary N) is 1. The molecule has 8 nitrogen and oxygen atoms in total. The second-order valence-electron chi connectivity index (χ2n) is 3.62. The van der Waals surface area contributed by atoms with E-state index >= 15 is 0 Å². The number of rotatable bonds is 5. The molecule has 0 unspecified atom stereocenters. The fraction of sp³-hybridized carbons (Fsp3) is 0.182. The first kappa shape index (κ1) is 14.3. The molecule has 0 spiro atoms. The number of primary amides is 1. The number of nitrogens with one attached hydrogen (secondary N) is 1. The molecule has 0 bridgehead atoms. The second-order valence-corrected chi connectivity index (χ2v) is 3.62. The highest BCUT2D eigenvalue weighted by Crippen LogP contribution is 2.18. The lowest BCUT2D eigenvalue weighted by molar-refractivity contribution is -0.135. The highest BCUT2D eigenvalue weighted by atomic mass is 16.4. The molecule has 0 aliphatic rings. The van der Waals surface area contributed by atoms with Gasteiger partial charge in [0.15, 0.2) is 0 Å². The predicted octanol–water partition coefficient (Wildman–Crippen LogP) is -0.522. The maximum absolute atomic E-state index is 11.7. The number of amides is 3. The van der Waals surface area contributed by atoms with Crippen LogP contribution in [-0.2, 0) is 9.59 Å². The molecular weight excluding hydrogens is 254 g/mol. The number of urea groups is 1. The van der Waals surface area contributed by atoms with E-state index < -0.39 is 31.0 Å². The van der Waals surface area contributed by atoms with Crippen LogP contribution in [0, 0.1) is 0 Å². The van der Waals surface area contributed by atoms with Crippen molar-refractivity contribution in [1.82, 2.24) is 5.32 Å². The fourth-order valence-corrected chi connectivity index (χ4v) is 1.31. The molecule has 0 saturated heterocycles. The van der Waals surface area contributed by atoms with Crippen LogP contribution in [-0.4, -0.2) is 41.2 Å². The Hall–Kier alpha value is -2.77. The summed E-state index contributed by atoms with van der Waals surface area (Å²) in [4.78, 5) is 34.0. The first-order valence-corrected chi connectivity index (χ1v) is 5.24. The maximum Gasteiger partial charge on any atom is 0.323 e. The number of hydrogen-bond donors (Lipinski definition) is 4. The Balaban J connectivity index is 2.87. The van der Waals surface area contributed by atoms with Crippen molar-refractivity contribution in [1.29, 1.82) is 0 Å². The molecule has 1 aromatic rings. The van der Waals surface area contributed by atoms with Gasteiger partial charge < -0.3 is 21.3 Å². The molecule has 0 radical (unpaired) electrons. The number of carboxylic acid groups (broad SMARTS) is 1. The summed E-state index contributed by atoms with van der Waals surface area (Å²) in [5, 5.41) is 20.1. The van der Waals surface area contributed by atoms with Crippen LogP contribution in [0.2, 0.25) is 0 Å². The number of phenolic OH excluding ortho intramolecular Hbond substituents is 1. The predicted molar refractivity (Wildman–Crippen MR) is 65.7 cm³/mol. The molecule has 0 atom stereocenters. The zero-order chi connectivity index (χ0) is 14.4. The zero-order valence-corrected chi connectivity index (χ0v) is 9.87. The molecule has 1 rings (SSSR count). The molecule has 0 heterocycles. The Morgan fingerprint density at radius 2 is 1.79 bits per heavy atom. The average Bonchev–Trinajstić information content (AvgIpc) is 2.34. The standard InChI is InChI=1S/C11H13N3O5/c12-9(16)5-13-11(19)14(6-10(17)18)7-1-3-8(15)4-2-7/h1-4,15H,5-6H2,(H2,12,16)(H,13,19)(H,17,18). The Morgan fingerprint density at radius 3 is 2.26 bits per heavy atom. The Kier molecular flexibility index (Phi) is 4.69. The number of benzene rings is 1. The van der Waals surface area contributed by atoms with Gasteiger partial charge in [-0.2, -0.15) is 0 Å². The lowest BCUT2D eigenvalue weighted by atomic mass is 10.3. The number of nitrogens with zero attached hydrogens (tertiary/aromatic N) is 1. The van der Waals surface area contributed by atoms with E-state index in [0.29, 0.717) is 0 Å². The molecule has 0 aliphatic heterocycles. The van der Waals surface area contributed by atoms with E-state index in [-0.39, 0.29) is 11.4 Å². The average molecular weight is 267 g/mol.